The van der Waals surface area contributed by atoms with Crippen molar-refractivity contribution in [3.63, 3.8) is 0 Å². The zero-order chi connectivity index (χ0) is 9.97. The number of ether oxygens (including phenoxy) is 1. The minimum absolute atomic E-state index is 0.867. The first-order valence-electron chi connectivity index (χ1n) is 4.15. The largest absolute Gasteiger partial charge is 0.496 e. The average molecular weight is 300 g/mol. The Kier molecular flexibility index (Phi) is 2.72. The number of benzene rings is 1. The third-order valence-electron chi connectivity index (χ3n) is 1.99. The standard InChI is InChI=1S/C10H9IN2O/c1-14-9-5-3-2-4-7(9)8-6-12-13-10(8)11/h2-6H,1H3,(H,12,13). The van der Waals surface area contributed by atoms with Crippen molar-refractivity contribution in [2.75, 3.05) is 7.11 Å². The highest BCUT2D eigenvalue weighted by atomic mass is 127. The van der Waals surface area contributed by atoms with Gasteiger partial charge in [-0.3, -0.25) is 5.10 Å². The molecule has 1 aromatic carbocycles. The van der Waals surface area contributed by atoms with Gasteiger partial charge >= 0.3 is 0 Å². The second-order valence-corrected chi connectivity index (χ2v) is 3.88. The maximum absolute atomic E-state index is 5.28. The van der Waals surface area contributed by atoms with Crippen molar-refractivity contribution in [1.82, 2.24) is 10.2 Å². The number of rotatable bonds is 2. The number of hydrogen-bond donors (Lipinski definition) is 1. The molecule has 1 aromatic heterocycles. The van der Waals surface area contributed by atoms with Crippen molar-refractivity contribution in [1.29, 1.82) is 0 Å². The van der Waals surface area contributed by atoms with Gasteiger partial charge in [0.05, 0.1) is 13.3 Å². The van der Waals surface area contributed by atoms with Crippen molar-refractivity contribution >= 4 is 22.6 Å². The molecule has 0 aliphatic carbocycles. The van der Waals surface area contributed by atoms with E-state index in [2.05, 4.69) is 32.8 Å². The van der Waals surface area contributed by atoms with Crippen LogP contribution < -0.4 is 4.74 Å². The number of nitrogens with one attached hydrogen (secondary N) is 1. The van der Waals surface area contributed by atoms with Gasteiger partial charge in [-0.25, -0.2) is 0 Å². The Labute approximate surface area is 95.6 Å². The molecule has 2 rings (SSSR count). The molecule has 1 N–H and O–H groups in total. The van der Waals surface area contributed by atoms with E-state index in [1.165, 1.54) is 0 Å². The van der Waals surface area contributed by atoms with Gasteiger partial charge in [0, 0.05) is 11.1 Å². The zero-order valence-electron chi connectivity index (χ0n) is 7.62. The van der Waals surface area contributed by atoms with Crippen molar-refractivity contribution in [3.05, 3.63) is 34.2 Å². The highest BCUT2D eigenvalue weighted by molar-refractivity contribution is 14.1. The quantitative estimate of drug-likeness (QED) is 0.866. The number of H-pyrrole nitrogens is 1. The summed E-state index contributed by atoms with van der Waals surface area (Å²) in [5.74, 6) is 0.867. The van der Waals surface area contributed by atoms with Gasteiger partial charge < -0.3 is 4.74 Å². The van der Waals surface area contributed by atoms with Gasteiger partial charge in [0.25, 0.3) is 0 Å². The summed E-state index contributed by atoms with van der Waals surface area (Å²) in [6.45, 7) is 0. The van der Waals surface area contributed by atoms with Gasteiger partial charge in [-0.15, -0.1) is 0 Å². The Balaban J connectivity index is 2.56. The molecule has 0 aliphatic heterocycles. The molecular formula is C10H9IN2O. The van der Waals surface area contributed by atoms with E-state index in [-0.39, 0.29) is 0 Å². The molecule has 72 valence electrons. The van der Waals surface area contributed by atoms with Crippen LogP contribution in [0.25, 0.3) is 11.1 Å². The molecule has 0 saturated carbocycles. The van der Waals surface area contributed by atoms with Crippen molar-refractivity contribution in [3.8, 4) is 16.9 Å². The number of aromatic nitrogens is 2. The summed E-state index contributed by atoms with van der Waals surface area (Å²) < 4.78 is 6.30. The predicted octanol–water partition coefficient (Wildman–Crippen LogP) is 2.69. The summed E-state index contributed by atoms with van der Waals surface area (Å²) in [4.78, 5) is 0. The summed E-state index contributed by atoms with van der Waals surface area (Å²) >= 11 is 2.22. The van der Waals surface area contributed by atoms with E-state index in [0.717, 1.165) is 20.6 Å². The molecule has 4 heteroatoms. The number of methoxy groups -OCH3 is 1. The lowest BCUT2D eigenvalue weighted by molar-refractivity contribution is 0.416. The Bertz CT molecular complexity index is 439. The van der Waals surface area contributed by atoms with Gasteiger partial charge in [0.1, 0.15) is 9.45 Å². The Morgan fingerprint density at radius 3 is 2.71 bits per heavy atom. The molecule has 1 heterocycles. The molecule has 0 bridgehead atoms. The number of nitrogens with zero attached hydrogens (tertiary/aromatic N) is 1. The number of hydrogen-bond acceptors (Lipinski definition) is 2. The Morgan fingerprint density at radius 1 is 1.29 bits per heavy atom. The third-order valence-corrected chi connectivity index (χ3v) is 2.81. The fraction of sp³-hybridized carbons (Fsp3) is 0.100. The van der Waals surface area contributed by atoms with Crippen molar-refractivity contribution in [2.45, 2.75) is 0 Å². The lowest BCUT2D eigenvalue weighted by atomic mass is 10.1. The highest BCUT2D eigenvalue weighted by Gasteiger charge is 2.09. The van der Waals surface area contributed by atoms with E-state index in [4.69, 9.17) is 4.74 Å². The van der Waals surface area contributed by atoms with E-state index in [9.17, 15) is 0 Å². The van der Waals surface area contributed by atoms with Crippen molar-refractivity contribution < 1.29 is 4.74 Å². The minimum Gasteiger partial charge on any atom is -0.496 e. The van der Waals surface area contributed by atoms with Gasteiger partial charge in [-0.2, -0.15) is 5.10 Å². The van der Waals surface area contributed by atoms with Gasteiger partial charge in [-0.1, -0.05) is 18.2 Å². The highest BCUT2D eigenvalue weighted by Crippen LogP contribution is 2.31. The molecule has 0 amide bonds. The lowest BCUT2D eigenvalue weighted by Crippen LogP contribution is -1.87. The number of halogens is 1. The zero-order valence-corrected chi connectivity index (χ0v) is 9.78. The van der Waals surface area contributed by atoms with E-state index in [0.29, 0.717) is 0 Å². The van der Waals surface area contributed by atoms with Crippen LogP contribution in [-0.4, -0.2) is 17.3 Å². The monoisotopic (exact) mass is 300 g/mol. The van der Waals surface area contributed by atoms with E-state index >= 15 is 0 Å². The van der Waals surface area contributed by atoms with Crippen LogP contribution in [0.2, 0.25) is 0 Å². The number of para-hydroxylation sites is 1. The first kappa shape index (κ1) is 9.51. The molecule has 14 heavy (non-hydrogen) atoms. The average Bonchev–Trinajstić information content (AvgIpc) is 2.64. The maximum atomic E-state index is 5.28. The molecule has 0 atom stereocenters. The fourth-order valence-corrected chi connectivity index (χ4v) is 1.89. The normalized spacial score (nSPS) is 10.1. The van der Waals surface area contributed by atoms with Crippen LogP contribution in [0.5, 0.6) is 5.75 Å². The van der Waals surface area contributed by atoms with Crippen LogP contribution in [0.15, 0.2) is 30.5 Å². The topological polar surface area (TPSA) is 37.9 Å². The van der Waals surface area contributed by atoms with E-state index in [1.807, 2.05) is 24.3 Å². The SMILES string of the molecule is COc1ccccc1-c1cn[nH]c1I. The first-order chi connectivity index (χ1) is 6.83. The third kappa shape index (κ3) is 1.61. The molecule has 0 unspecified atom stereocenters. The smallest absolute Gasteiger partial charge is 0.126 e. The second-order valence-electron chi connectivity index (χ2n) is 2.80. The lowest BCUT2D eigenvalue weighted by Gasteiger charge is -2.05. The molecular weight excluding hydrogens is 291 g/mol. The maximum Gasteiger partial charge on any atom is 0.126 e. The van der Waals surface area contributed by atoms with E-state index < -0.39 is 0 Å². The van der Waals surface area contributed by atoms with Crippen LogP contribution in [0.4, 0.5) is 0 Å². The Morgan fingerprint density at radius 2 is 2.07 bits per heavy atom. The predicted molar refractivity (Wildman–Crippen MR) is 63.3 cm³/mol. The molecule has 3 nitrogen and oxygen atoms in total. The van der Waals surface area contributed by atoms with Gasteiger partial charge in [0.2, 0.25) is 0 Å². The summed E-state index contributed by atoms with van der Waals surface area (Å²) in [5.41, 5.74) is 2.14. The summed E-state index contributed by atoms with van der Waals surface area (Å²) in [6, 6.07) is 7.90. The molecule has 2 aromatic rings. The Hall–Kier alpha value is -1.04. The minimum atomic E-state index is 0.867. The van der Waals surface area contributed by atoms with E-state index in [1.54, 1.807) is 13.3 Å². The first-order valence-corrected chi connectivity index (χ1v) is 5.23. The number of aromatic amines is 1. The van der Waals surface area contributed by atoms with Crippen LogP contribution in [0.3, 0.4) is 0 Å². The fourth-order valence-electron chi connectivity index (χ4n) is 1.33. The summed E-state index contributed by atoms with van der Waals surface area (Å²) in [7, 11) is 1.67. The van der Waals surface area contributed by atoms with Crippen molar-refractivity contribution in [2.24, 2.45) is 0 Å². The molecule has 0 fully saturated rings. The second kappa shape index (κ2) is 4.00. The molecule has 0 aliphatic rings. The summed E-state index contributed by atoms with van der Waals surface area (Å²) in [6.07, 6.45) is 1.81. The molecule has 0 radical (unpaired) electrons. The van der Waals surface area contributed by atoms with Crippen LogP contribution >= 0.6 is 22.6 Å². The van der Waals surface area contributed by atoms with Crippen LogP contribution in [0, 0.1) is 3.70 Å². The van der Waals surface area contributed by atoms with Gasteiger partial charge in [0.15, 0.2) is 0 Å². The van der Waals surface area contributed by atoms with Crippen LogP contribution in [-0.2, 0) is 0 Å². The molecule has 0 spiro atoms. The molecule has 0 saturated heterocycles. The van der Waals surface area contributed by atoms with Gasteiger partial charge in [-0.05, 0) is 28.7 Å². The summed E-state index contributed by atoms with van der Waals surface area (Å²) in [5, 5.41) is 6.88. The van der Waals surface area contributed by atoms with Crippen LogP contribution in [0.1, 0.15) is 0 Å².